The quantitative estimate of drug-likeness (QED) is 0.602. The van der Waals surface area contributed by atoms with Crippen molar-refractivity contribution in [3.63, 3.8) is 0 Å². The highest BCUT2D eigenvalue weighted by Gasteiger charge is 2.07. The van der Waals surface area contributed by atoms with Crippen LogP contribution in [0.5, 0.6) is 0 Å². The van der Waals surface area contributed by atoms with Crippen molar-refractivity contribution in [1.82, 2.24) is 0 Å². The van der Waals surface area contributed by atoms with Crippen molar-refractivity contribution in [2.24, 2.45) is 5.73 Å². The lowest BCUT2D eigenvalue weighted by Crippen LogP contribution is -2.22. The Balaban J connectivity index is 2.15. The van der Waals surface area contributed by atoms with Gasteiger partial charge in [-0.25, -0.2) is 8.78 Å². The Morgan fingerprint density at radius 1 is 0.900 bits per heavy atom. The van der Waals surface area contributed by atoms with Gasteiger partial charge in [0.25, 0.3) is 0 Å². The van der Waals surface area contributed by atoms with Crippen molar-refractivity contribution in [3.8, 4) is 0 Å². The minimum atomic E-state index is -0.525. The van der Waals surface area contributed by atoms with Gasteiger partial charge in [-0.15, -0.1) is 0 Å². The lowest BCUT2D eigenvalue weighted by Gasteiger charge is -2.11. The Kier molecular flexibility index (Phi) is 8.43. The van der Waals surface area contributed by atoms with E-state index in [0.717, 1.165) is 18.9 Å². The first-order valence-electron chi connectivity index (χ1n) is 7.82. The summed E-state index contributed by atoms with van der Waals surface area (Å²) in [5.74, 6) is -1.05. The molecule has 1 rings (SSSR count). The molecule has 0 heterocycles. The summed E-state index contributed by atoms with van der Waals surface area (Å²) >= 11 is 0. The predicted molar refractivity (Wildman–Crippen MR) is 80.6 cm³/mol. The van der Waals surface area contributed by atoms with Gasteiger partial charge in [-0.3, -0.25) is 0 Å². The zero-order valence-electron chi connectivity index (χ0n) is 12.5. The van der Waals surface area contributed by atoms with Crippen LogP contribution in [0.4, 0.5) is 8.78 Å². The summed E-state index contributed by atoms with van der Waals surface area (Å²) in [6, 6.07) is 3.62. The summed E-state index contributed by atoms with van der Waals surface area (Å²) in [6.07, 6.45) is 10.3. The topological polar surface area (TPSA) is 26.0 Å². The molecule has 0 aromatic heterocycles. The number of hydrogen-bond donors (Lipinski definition) is 1. The molecule has 3 heteroatoms. The van der Waals surface area contributed by atoms with Crippen LogP contribution in [0.25, 0.3) is 0 Å². The van der Waals surface area contributed by atoms with Crippen LogP contribution in [-0.2, 0) is 6.42 Å². The van der Waals surface area contributed by atoms with Crippen molar-refractivity contribution in [1.29, 1.82) is 0 Å². The van der Waals surface area contributed by atoms with Crippen molar-refractivity contribution in [2.75, 3.05) is 0 Å². The lowest BCUT2D eigenvalue weighted by atomic mass is 10.00. The van der Waals surface area contributed by atoms with Crippen LogP contribution in [-0.4, -0.2) is 6.04 Å². The van der Waals surface area contributed by atoms with E-state index in [1.807, 2.05) is 0 Å². The minimum Gasteiger partial charge on any atom is -0.327 e. The largest absolute Gasteiger partial charge is 0.327 e. The average Bonchev–Trinajstić information content (AvgIpc) is 2.36. The standard InChI is InChI=1S/C17H27F2N/c1-2-3-4-5-6-7-8-9-17(20)12-14-10-15(18)13-16(19)11-14/h10-11,13,17H,2-9,12,20H2,1H3. The van der Waals surface area contributed by atoms with Gasteiger partial charge < -0.3 is 5.73 Å². The van der Waals surface area contributed by atoms with Crippen LogP contribution in [0.1, 0.15) is 63.9 Å². The highest BCUT2D eigenvalue weighted by molar-refractivity contribution is 5.18. The highest BCUT2D eigenvalue weighted by Crippen LogP contribution is 2.13. The zero-order valence-corrected chi connectivity index (χ0v) is 12.5. The van der Waals surface area contributed by atoms with Gasteiger partial charge in [-0.05, 0) is 30.5 Å². The molecule has 0 saturated heterocycles. The fourth-order valence-corrected chi connectivity index (χ4v) is 2.50. The molecule has 1 unspecified atom stereocenters. The molecular weight excluding hydrogens is 256 g/mol. The molecule has 0 spiro atoms. The lowest BCUT2D eigenvalue weighted by molar-refractivity contribution is 0.524. The van der Waals surface area contributed by atoms with E-state index in [0.29, 0.717) is 12.0 Å². The van der Waals surface area contributed by atoms with Crippen LogP contribution >= 0.6 is 0 Å². The van der Waals surface area contributed by atoms with Gasteiger partial charge in [0.05, 0.1) is 0 Å². The molecular formula is C17H27F2N. The molecule has 1 atom stereocenters. The molecule has 2 N–H and O–H groups in total. The Morgan fingerprint density at radius 3 is 2.05 bits per heavy atom. The molecule has 0 saturated carbocycles. The Labute approximate surface area is 121 Å². The molecule has 0 radical (unpaired) electrons. The Bertz CT molecular complexity index is 359. The molecule has 0 aliphatic rings. The molecule has 0 amide bonds. The van der Waals surface area contributed by atoms with Crippen LogP contribution in [0, 0.1) is 11.6 Å². The van der Waals surface area contributed by atoms with E-state index in [2.05, 4.69) is 6.92 Å². The number of benzene rings is 1. The molecule has 1 nitrogen and oxygen atoms in total. The van der Waals surface area contributed by atoms with Crippen molar-refractivity contribution >= 4 is 0 Å². The van der Waals surface area contributed by atoms with Crippen molar-refractivity contribution < 1.29 is 8.78 Å². The highest BCUT2D eigenvalue weighted by atomic mass is 19.1. The average molecular weight is 283 g/mol. The van der Waals surface area contributed by atoms with E-state index >= 15 is 0 Å². The van der Waals surface area contributed by atoms with Crippen molar-refractivity contribution in [2.45, 2.75) is 70.8 Å². The summed E-state index contributed by atoms with van der Waals surface area (Å²) in [4.78, 5) is 0. The van der Waals surface area contributed by atoms with Gasteiger partial charge >= 0.3 is 0 Å². The van der Waals surface area contributed by atoms with Gasteiger partial charge in [0.1, 0.15) is 11.6 Å². The van der Waals surface area contributed by atoms with Crippen LogP contribution in [0.15, 0.2) is 18.2 Å². The molecule has 20 heavy (non-hydrogen) atoms. The first-order valence-corrected chi connectivity index (χ1v) is 7.82. The van der Waals surface area contributed by atoms with Gasteiger partial charge in [0.2, 0.25) is 0 Å². The fourth-order valence-electron chi connectivity index (χ4n) is 2.50. The summed E-state index contributed by atoms with van der Waals surface area (Å²) in [7, 11) is 0. The third-order valence-electron chi connectivity index (χ3n) is 3.60. The van der Waals surface area contributed by atoms with Crippen LogP contribution in [0.2, 0.25) is 0 Å². The zero-order chi connectivity index (χ0) is 14.8. The molecule has 0 bridgehead atoms. The maximum absolute atomic E-state index is 13.1. The van der Waals surface area contributed by atoms with Crippen molar-refractivity contribution in [3.05, 3.63) is 35.4 Å². The maximum atomic E-state index is 13.1. The molecule has 1 aromatic rings. The third kappa shape index (κ3) is 7.59. The van der Waals surface area contributed by atoms with E-state index in [1.54, 1.807) is 0 Å². The Morgan fingerprint density at radius 2 is 1.45 bits per heavy atom. The minimum absolute atomic E-state index is 0.00755. The molecule has 1 aromatic carbocycles. The summed E-state index contributed by atoms with van der Waals surface area (Å²) in [5.41, 5.74) is 6.67. The van der Waals surface area contributed by atoms with E-state index in [-0.39, 0.29) is 6.04 Å². The normalized spacial score (nSPS) is 12.6. The summed E-state index contributed by atoms with van der Waals surface area (Å²) < 4.78 is 26.1. The second kappa shape index (κ2) is 9.87. The van der Waals surface area contributed by atoms with Crippen LogP contribution in [0.3, 0.4) is 0 Å². The fraction of sp³-hybridized carbons (Fsp3) is 0.647. The predicted octanol–water partition coefficient (Wildman–Crippen LogP) is 4.98. The second-order valence-corrected chi connectivity index (χ2v) is 5.65. The summed E-state index contributed by atoms with van der Waals surface area (Å²) in [5, 5.41) is 0. The van der Waals surface area contributed by atoms with E-state index in [1.165, 1.54) is 50.7 Å². The SMILES string of the molecule is CCCCCCCCCC(N)Cc1cc(F)cc(F)c1. The molecule has 0 aliphatic carbocycles. The van der Waals surface area contributed by atoms with E-state index in [4.69, 9.17) is 5.73 Å². The molecule has 0 aliphatic heterocycles. The van der Waals surface area contributed by atoms with Crippen LogP contribution < -0.4 is 5.73 Å². The molecule has 114 valence electrons. The van der Waals surface area contributed by atoms with E-state index < -0.39 is 11.6 Å². The number of hydrogen-bond acceptors (Lipinski definition) is 1. The number of halogens is 2. The first kappa shape index (κ1) is 17.1. The van der Waals surface area contributed by atoms with Gasteiger partial charge in [0, 0.05) is 12.1 Å². The third-order valence-corrected chi connectivity index (χ3v) is 3.60. The maximum Gasteiger partial charge on any atom is 0.126 e. The first-order chi connectivity index (χ1) is 9.61. The smallest absolute Gasteiger partial charge is 0.126 e. The number of unbranched alkanes of at least 4 members (excludes halogenated alkanes) is 6. The van der Waals surface area contributed by atoms with Gasteiger partial charge in [-0.1, -0.05) is 51.9 Å². The van der Waals surface area contributed by atoms with Gasteiger partial charge in [0.15, 0.2) is 0 Å². The number of nitrogens with two attached hydrogens (primary N) is 1. The van der Waals surface area contributed by atoms with Gasteiger partial charge in [-0.2, -0.15) is 0 Å². The second-order valence-electron chi connectivity index (χ2n) is 5.65. The Hall–Kier alpha value is -0.960. The molecule has 0 fully saturated rings. The number of rotatable bonds is 10. The monoisotopic (exact) mass is 283 g/mol. The summed E-state index contributed by atoms with van der Waals surface area (Å²) in [6.45, 7) is 2.22. The van der Waals surface area contributed by atoms with E-state index in [9.17, 15) is 8.78 Å².